The SMILES string of the molecule is CC1(C(=O)O)C([N+](=O)[O-])=CC=CC1(Cc1ccccc1)C(=O)O. The number of nitrogens with zero attached hydrogens (tertiary/aromatic N) is 1. The minimum Gasteiger partial charge on any atom is -0.481 e. The zero-order valence-electron chi connectivity index (χ0n) is 12.3. The van der Waals surface area contributed by atoms with Crippen molar-refractivity contribution in [2.45, 2.75) is 13.3 Å². The first-order valence-corrected chi connectivity index (χ1v) is 6.81. The van der Waals surface area contributed by atoms with Gasteiger partial charge >= 0.3 is 11.9 Å². The van der Waals surface area contributed by atoms with Crippen molar-refractivity contribution < 1.29 is 24.7 Å². The molecule has 0 fully saturated rings. The van der Waals surface area contributed by atoms with Crippen LogP contribution in [-0.4, -0.2) is 27.1 Å². The Morgan fingerprint density at radius 1 is 1.17 bits per heavy atom. The van der Waals surface area contributed by atoms with Gasteiger partial charge in [-0.1, -0.05) is 42.5 Å². The van der Waals surface area contributed by atoms with Gasteiger partial charge in [-0.25, -0.2) is 0 Å². The molecule has 0 amide bonds. The Hall–Kier alpha value is -2.96. The normalized spacial score (nSPS) is 26.4. The van der Waals surface area contributed by atoms with Crippen LogP contribution in [0.2, 0.25) is 0 Å². The molecule has 1 aliphatic carbocycles. The lowest BCUT2D eigenvalue weighted by Gasteiger charge is -2.40. The molecule has 0 spiro atoms. The van der Waals surface area contributed by atoms with Gasteiger partial charge in [0, 0.05) is 6.08 Å². The molecule has 2 atom stereocenters. The van der Waals surface area contributed by atoms with Crippen molar-refractivity contribution in [1.82, 2.24) is 0 Å². The Morgan fingerprint density at radius 2 is 1.78 bits per heavy atom. The van der Waals surface area contributed by atoms with Crippen LogP contribution in [0.25, 0.3) is 0 Å². The molecule has 0 heterocycles. The lowest BCUT2D eigenvalue weighted by Crippen LogP contribution is -2.54. The molecule has 0 bridgehead atoms. The van der Waals surface area contributed by atoms with Gasteiger partial charge in [-0.3, -0.25) is 19.7 Å². The van der Waals surface area contributed by atoms with E-state index in [2.05, 4.69) is 0 Å². The Kier molecular flexibility index (Phi) is 4.05. The molecule has 0 saturated heterocycles. The maximum atomic E-state index is 12.0. The molecule has 1 aromatic carbocycles. The van der Waals surface area contributed by atoms with Gasteiger partial charge in [-0.15, -0.1) is 0 Å². The summed E-state index contributed by atoms with van der Waals surface area (Å²) in [6.07, 6.45) is 3.33. The number of benzene rings is 1. The molecule has 7 nitrogen and oxygen atoms in total. The zero-order valence-corrected chi connectivity index (χ0v) is 12.3. The molecular weight excluding hydrogens is 302 g/mol. The van der Waals surface area contributed by atoms with E-state index in [0.29, 0.717) is 5.56 Å². The van der Waals surface area contributed by atoms with E-state index in [0.717, 1.165) is 13.0 Å². The molecule has 1 aliphatic rings. The van der Waals surface area contributed by atoms with E-state index in [1.165, 1.54) is 12.2 Å². The molecule has 0 aromatic heterocycles. The molecule has 0 saturated carbocycles. The summed E-state index contributed by atoms with van der Waals surface area (Å²) in [6, 6.07) is 8.45. The molecule has 2 N–H and O–H groups in total. The summed E-state index contributed by atoms with van der Waals surface area (Å²) in [5.41, 5.74) is -4.23. The van der Waals surface area contributed by atoms with Crippen LogP contribution >= 0.6 is 0 Å². The number of hydrogen-bond donors (Lipinski definition) is 2. The quantitative estimate of drug-likeness (QED) is 0.634. The predicted molar refractivity (Wildman–Crippen MR) is 80.2 cm³/mol. The highest BCUT2D eigenvalue weighted by atomic mass is 16.6. The van der Waals surface area contributed by atoms with Gasteiger partial charge in [-0.2, -0.15) is 0 Å². The van der Waals surface area contributed by atoms with Crippen LogP contribution in [0.4, 0.5) is 0 Å². The average Bonchev–Trinajstić information content (AvgIpc) is 2.49. The third-order valence-electron chi connectivity index (χ3n) is 4.37. The fourth-order valence-electron chi connectivity index (χ4n) is 2.92. The summed E-state index contributed by atoms with van der Waals surface area (Å²) < 4.78 is 0. The summed E-state index contributed by atoms with van der Waals surface area (Å²) >= 11 is 0. The lowest BCUT2D eigenvalue weighted by molar-refractivity contribution is -0.442. The molecule has 7 heteroatoms. The minimum absolute atomic E-state index is 0.173. The summed E-state index contributed by atoms with van der Waals surface area (Å²) in [5, 5.41) is 30.7. The summed E-state index contributed by atoms with van der Waals surface area (Å²) in [7, 11) is 0. The summed E-state index contributed by atoms with van der Waals surface area (Å²) in [4.78, 5) is 34.3. The second-order valence-electron chi connectivity index (χ2n) is 5.54. The van der Waals surface area contributed by atoms with Crippen LogP contribution in [0.5, 0.6) is 0 Å². The first kappa shape index (κ1) is 16.4. The molecule has 2 unspecified atom stereocenters. The number of nitro groups is 1. The summed E-state index contributed by atoms with van der Waals surface area (Å²) in [5.74, 6) is -2.97. The predicted octanol–water partition coefficient (Wildman–Crippen LogP) is 2.12. The Bertz CT molecular complexity index is 723. The highest BCUT2D eigenvalue weighted by Gasteiger charge is 2.65. The van der Waals surface area contributed by atoms with Crippen LogP contribution in [0.15, 0.2) is 54.3 Å². The van der Waals surface area contributed by atoms with E-state index < -0.39 is 33.4 Å². The van der Waals surface area contributed by atoms with Crippen molar-refractivity contribution in [2.75, 3.05) is 0 Å². The van der Waals surface area contributed by atoms with Gasteiger partial charge in [0.05, 0.1) is 4.92 Å². The van der Waals surface area contributed by atoms with E-state index in [1.54, 1.807) is 30.3 Å². The number of hydrogen-bond acceptors (Lipinski definition) is 4. The van der Waals surface area contributed by atoms with Gasteiger partial charge in [0.1, 0.15) is 5.41 Å². The van der Waals surface area contributed by atoms with Crippen molar-refractivity contribution in [2.24, 2.45) is 10.8 Å². The third kappa shape index (κ3) is 2.40. The molecule has 23 heavy (non-hydrogen) atoms. The maximum absolute atomic E-state index is 12.0. The van der Waals surface area contributed by atoms with Crippen LogP contribution in [0.1, 0.15) is 12.5 Å². The first-order valence-electron chi connectivity index (χ1n) is 6.81. The Labute approximate surface area is 131 Å². The standard InChI is InChI=1S/C16H15NO6/c1-15(13(18)19)12(17(22)23)8-5-9-16(15,14(20)21)10-11-6-3-2-4-7-11/h2-9H,10H2,1H3,(H,18,19)(H,20,21). The van der Waals surface area contributed by atoms with E-state index >= 15 is 0 Å². The van der Waals surface area contributed by atoms with Crippen molar-refractivity contribution in [3.63, 3.8) is 0 Å². The highest BCUT2D eigenvalue weighted by Crippen LogP contribution is 2.51. The zero-order chi connectivity index (χ0) is 17.3. The number of allylic oxidation sites excluding steroid dienone is 2. The first-order chi connectivity index (χ1) is 10.8. The second-order valence-corrected chi connectivity index (χ2v) is 5.54. The van der Waals surface area contributed by atoms with E-state index in [1.807, 2.05) is 0 Å². The van der Waals surface area contributed by atoms with Crippen LogP contribution in [-0.2, 0) is 16.0 Å². The maximum Gasteiger partial charge on any atom is 0.321 e. The molecule has 0 aliphatic heterocycles. The smallest absolute Gasteiger partial charge is 0.321 e. The number of aliphatic carboxylic acids is 2. The van der Waals surface area contributed by atoms with Crippen LogP contribution in [0, 0.1) is 20.9 Å². The molecule has 2 rings (SSSR count). The number of carboxylic acids is 2. The summed E-state index contributed by atoms with van der Waals surface area (Å²) in [6.45, 7) is 1.09. The fourth-order valence-corrected chi connectivity index (χ4v) is 2.92. The molecule has 0 radical (unpaired) electrons. The van der Waals surface area contributed by atoms with Gasteiger partial charge in [-0.05, 0) is 18.9 Å². The topological polar surface area (TPSA) is 118 Å². The number of carbonyl (C=O) groups is 2. The average molecular weight is 317 g/mol. The van der Waals surface area contributed by atoms with Crippen molar-refractivity contribution in [1.29, 1.82) is 0 Å². The van der Waals surface area contributed by atoms with Crippen molar-refractivity contribution >= 4 is 11.9 Å². The number of carboxylic acid groups (broad SMARTS) is 2. The van der Waals surface area contributed by atoms with Crippen LogP contribution < -0.4 is 0 Å². The third-order valence-corrected chi connectivity index (χ3v) is 4.37. The minimum atomic E-state index is -2.20. The van der Waals surface area contributed by atoms with Gasteiger partial charge in [0.25, 0.3) is 5.70 Å². The Balaban J connectivity index is 2.68. The van der Waals surface area contributed by atoms with Crippen LogP contribution in [0.3, 0.4) is 0 Å². The second kappa shape index (κ2) is 5.68. The largest absolute Gasteiger partial charge is 0.481 e. The van der Waals surface area contributed by atoms with E-state index in [9.17, 15) is 29.9 Å². The van der Waals surface area contributed by atoms with E-state index in [-0.39, 0.29) is 6.42 Å². The highest BCUT2D eigenvalue weighted by molar-refractivity contribution is 5.91. The molecular formula is C16H15NO6. The molecule has 1 aromatic rings. The van der Waals surface area contributed by atoms with Gasteiger partial charge in [0.2, 0.25) is 0 Å². The molecule has 120 valence electrons. The van der Waals surface area contributed by atoms with Gasteiger partial charge in [0.15, 0.2) is 5.41 Å². The Morgan fingerprint density at radius 3 is 2.26 bits per heavy atom. The van der Waals surface area contributed by atoms with Gasteiger partial charge < -0.3 is 10.2 Å². The number of rotatable bonds is 5. The fraction of sp³-hybridized carbons (Fsp3) is 0.250. The van der Waals surface area contributed by atoms with E-state index in [4.69, 9.17) is 0 Å². The monoisotopic (exact) mass is 317 g/mol. The lowest BCUT2D eigenvalue weighted by atomic mass is 9.58. The van der Waals surface area contributed by atoms with Crippen molar-refractivity contribution in [3.05, 3.63) is 69.9 Å². The van der Waals surface area contributed by atoms with Crippen molar-refractivity contribution in [3.8, 4) is 0 Å².